The minimum Gasteiger partial charge on any atom is -0.481 e. The van der Waals surface area contributed by atoms with E-state index >= 15 is 0 Å². The monoisotopic (exact) mass is 274 g/mol. The molecule has 2 aromatic rings. The summed E-state index contributed by atoms with van der Waals surface area (Å²) in [6.07, 6.45) is 0. The van der Waals surface area contributed by atoms with Crippen LogP contribution in [0.15, 0.2) is 36.4 Å². The summed E-state index contributed by atoms with van der Waals surface area (Å²) in [6.45, 7) is 0.424. The van der Waals surface area contributed by atoms with Crippen molar-refractivity contribution in [2.75, 3.05) is 26.1 Å². The number of nitrogens with two attached hydrogens (primary N) is 1. The third kappa shape index (κ3) is 3.36. The Morgan fingerprint density at radius 1 is 1.10 bits per heavy atom. The first-order valence-corrected chi connectivity index (χ1v) is 6.25. The average Bonchev–Trinajstić information content (AvgIpc) is 2.53. The molecule has 1 atom stereocenters. The molecule has 1 heterocycles. The zero-order chi connectivity index (χ0) is 14.4. The van der Waals surface area contributed by atoms with Gasteiger partial charge in [-0.05, 0) is 5.56 Å². The maximum atomic E-state index is 5.81. The zero-order valence-corrected chi connectivity index (χ0v) is 11.5. The van der Waals surface area contributed by atoms with Crippen molar-refractivity contribution >= 4 is 5.95 Å². The topological polar surface area (TPSA) is 82.3 Å². The smallest absolute Gasteiger partial charge is 0.229 e. The summed E-state index contributed by atoms with van der Waals surface area (Å²) >= 11 is 0. The van der Waals surface area contributed by atoms with E-state index in [2.05, 4.69) is 15.3 Å². The van der Waals surface area contributed by atoms with Crippen molar-refractivity contribution in [3.05, 3.63) is 42.0 Å². The number of hydrogen-bond acceptors (Lipinski definition) is 6. The van der Waals surface area contributed by atoms with Gasteiger partial charge in [0.2, 0.25) is 17.7 Å². The second-order valence-electron chi connectivity index (χ2n) is 4.12. The molecule has 0 amide bonds. The highest BCUT2D eigenvalue weighted by molar-refractivity contribution is 5.37. The Labute approximate surface area is 118 Å². The van der Waals surface area contributed by atoms with Gasteiger partial charge in [-0.1, -0.05) is 30.3 Å². The van der Waals surface area contributed by atoms with Crippen LogP contribution >= 0.6 is 0 Å². The van der Waals surface area contributed by atoms with Crippen LogP contribution in [-0.2, 0) is 0 Å². The summed E-state index contributed by atoms with van der Waals surface area (Å²) < 4.78 is 10.2. The number of hydrogen-bond donors (Lipinski definition) is 2. The number of aromatic nitrogens is 2. The molecule has 6 nitrogen and oxygen atoms in total. The summed E-state index contributed by atoms with van der Waals surface area (Å²) in [5.74, 6) is 1.28. The Bertz CT molecular complexity index is 526. The summed E-state index contributed by atoms with van der Waals surface area (Å²) in [5.41, 5.74) is 6.88. The first-order valence-electron chi connectivity index (χ1n) is 6.25. The number of methoxy groups -OCH3 is 2. The Balaban J connectivity index is 2.23. The molecular formula is C14H18N4O2. The van der Waals surface area contributed by atoms with E-state index in [9.17, 15) is 0 Å². The van der Waals surface area contributed by atoms with Crippen LogP contribution in [0.5, 0.6) is 11.8 Å². The molecule has 0 aliphatic carbocycles. The summed E-state index contributed by atoms with van der Waals surface area (Å²) in [6, 6.07) is 11.4. The van der Waals surface area contributed by atoms with E-state index in [1.165, 1.54) is 0 Å². The molecule has 2 rings (SSSR count). The molecule has 6 heteroatoms. The molecule has 20 heavy (non-hydrogen) atoms. The van der Waals surface area contributed by atoms with Gasteiger partial charge in [-0.2, -0.15) is 9.97 Å². The van der Waals surface area contributed by atoms with Gasteiger partial charge in [0.05, 0.1) is 26.3 Å². The van der Waals surface area contributed by atoms with Crippen LogP contribution in [0.1, 0.15) is 11.6 Å². The minimum atomic E-state index is -0.0759. The SMILES string of the molecule is COc1cc(OC)nc(NC(CN)c2ccccc2)n1. The number of nitrogens with one attached hydrogen (secondary N) is 1. The van der Waals surface area contributed by atoms with Crippen LogP contribution in [-0.4, -0.2) is 30.7 Å². The molecule has 0 radical (unpaired) electrons. The van der Waals surface area contributed by atoms with Crippen LogP contribution in [0.3, 0.4) is 0 Å². The molecule has 0 spiro atoms. The van der Waals surface area contributed by atoms with E-state index in [4.69, 9.17) is 15.2 Å². The van der Waals surface area contributed by atoms with E-state index in [-0.39, 0.29) is 6.04 Å². The molecule has 1 aromatic carbocycles. The fraction of sp³-hybridized carbons (Fsp3) is 0.286. The number of benzene rings is 1. The fourth-order valence-electron chi connectivity index (χ4n) is 1.80. The predicted molar refractivity (Wildman–Crippen MR) is 77.0 cm³/mol. The Morgan fingerprint density at radius 3 is 2.20 bits per heavy atom. The van der Waals surface area contributed by atoms with E-state index < -0.39 is 0 Å². The summed E-state index contributed by atoms with van der Waals surface area (Å²) in [7, 11) is 3.09. The van der Waals surface area contributed by atoms with Crippen molar-refractivity contribution in [2.24, 2.45) is 5.73 Å². The Morgan fingerprint density at radius 2 is 1.70 bits per heavy atom. The number of rotatable bonds is 6. The van der Waals surface area contributed by atoms with Crippen molar-refractivity contribution in [3.63, 3.8) is 0 Å². The second kappa shape index (κ2) is 6.72. The van der Waals surface area contributed by atoms with Gasteiger partial charge in [0.15, 0.2) is 0 Å². The minimum absolute atomic E-state index is 0.0759. The van der Waals surface area contributed by atoms with Crippen molar-refractivity contribution < 1.29 is 9.47 Å². The molecule has 0 saturated carbocycles. The normalized spacial score (nSPS) is 11.8. The molecular weight excluding hydrogens is 256 g/mol. The van der Waals surface area contributed by atoms with Crippen LogP contribution in [0.4, 0.5) is 5.95 Å². The molecule has 106 valence electrons. The standard InChI is InChI=1S/C14H18N4O2/c1-19-12-8-13(20-2)18-14(17-12)16-11(9-15)10-6-4-3-5-7-10/h3-8,11H,9,15H2,1-2H3,(H,16,17,18). The Kier molecular flexibility index (Phi) is 4.73. The number of anilines is 1. The average molecular weight is 274 g/mol. The van der Waals surface area contributed by atoms with Gasteiger partial charge < -0.3 is 20.5 Å². The van der Waals surface area contributed by atoms with Crippen molar-refractivity contribution in [1.29, 1.82) is 0 Å². The maximum absolute atomic E-state index is 5.81. The van der Waals surface area contributed by atoms with Gasteiger partial charge in [0.1, 0.15) is 0 Å². The first-order chi connectivity index (χ1) is 9.76. The first kappa shape index (κ1) is 14.1. The van der Waals surface area contributed by atoms with Gasteiger partial charge in [-0.25, -0.2) is 0 Å². The van der Waals surface area contributed by atoms with Crippen LogP contribution in [0.2, 0.25) is 0 Å². The summed E-state index contributed by atoms with van der Waals surface area (Å²) in [5, 5.41) is 3.19. The van der Waals surface area contributed by atoms with Crippen molar-refractivity contribution in [1.82, 2.24) is 9.97 Å². The third-order valence-electron chi connectivity index (χ3n) is 2.84. The number of nitrogens with zero attached hydrogens (tertiary/aromatic N) is 2. The molecule has 0 fully saturated rings. The molecule has 0 saturated heterocycles. The molecule has 1 unspecified atom stereocenters. The lowest BCUT2D eigenvalue weighted by atomic mass is 10.1. The van der Waals surface area contributed by atoms with Crippen LogP contribution < -0.4 is 20.5 Å². The molecule has 0 aliphatic heterocycles. The molecule has 1 aromatic heterocycles. The highest BCUT2D eigenvalue weighted by atomic mass is 16.5. The van der Waals surface area contributed by atoms with Gasteiger partial charge >= 0.3 is 0 Å². The quantitative estimate of drug-likeness (QED) is 0.832. The van der Waals surface area contributed by atoms with E-state index in [1.54, 1.807) is 20.3 Å². The second-order valence-corrected chi connectivity index (χ2v) is 4.12. The molecule has 0 bridgehead atoms. The van der Waals surface area contributed by atoms with Crippen LogP contribution in [0.25, 0.3) is 0 Å². The highest BCUT2D eigenvalue weighted by Gasteiger charge is 2.12. The predicted octanol–water partition coefficient (Wildman–Crippen LogP) is 1.61. The maximum Gasteiger partial charge on any atom is 0.229 e. The molecule has 3 N–H and O–H groups in total. The highest BCUT2D eigenvalue weighted by Crippen LogP contribution is 2.21. The summed E-state index contributed by atoms with van der Waals surface area (Å²) in [4.78, 5) is 8.47. The largest absolute Gasteiger partial charge is 0.481 e. The van der Waals surface area contributed by atoms with E-state index in [0.29, 0.717) is 24.3 Å². The lowest BCUT2D eigenvalue weighted by molar-refractivity contribution is 0.372. The lowest BCUT2D eigenvalue weighted by Crippen LogP contribution is -2.21. The van der Waals surface area contributed by atoms with Crippen molar-refractivity contribution in [3.8, 4) is 11.8 Å². The van der Waals surface area contributed by atoms with Crippen molar-refractivity contribution in [2.45, 2.75) is 6.04 Å². The van der Waals surface area contributed by atoms with Gasteiger partial charge in [-0.15, -0.1) is 0 Å². The zero-order valence-electron chi connectivity index (χ0n) is 11.5. The molecule has 0 aliphatic rings. The third-order valence-corrected chi connectivity index (χ3v) is 2.84. The van der Waals surface area contributed by atoms with E-state index in [1.807, 2.05) is 30.3 Å². The number of ether oxygens (including phenoxy) is 2. The van der Waals surface area contributed by atoms with Gasteiger partial charge in [0.25, 0.3) is 0 Å². The van der Waals surface area contributed by atoms with Gasteiger partial charge in [-0.3, -0.25) is 0 Å². The van der Waals surface area contributed by atoms with E-state index in [0.717, 1.165) is 5.56 Å². The van der Waals surface area contributed by atoms with Crippen LogP contribution in [0, 0.1) is 0 Å². The fourth-order valence-corrected chi connectivity index (χ4v) is 1.80. The lowest BCUT2D eigenvalue weighted by Gasteiger charge is -2.17. The Hall–Kier alpha value is -2.34. The van der Waals surface area contributed by atoms with Gasteiger partial charge in [0, 0.05) is 6.54 Å².